The molecule has 0 amide bonds. The predicted molar refractivity (Wildman–Crippen MR) is 64.4 cm³/mol. The molecule has 92 valence electrons. The Balaban J connectivity index is 2.10. The molecule has 0 unspecified atom stereocenters. The Morgan fingerprint density at radius 2 is 2.12 bits per heavy atom. The fourth-order valence-corrected chi connectivity index (χ4v) is 1.71. The van der Waals surface area contributed by atoms with Crippen LogP contribution in [0.3, 0.4) is 0 Å². The number of aryl methyl sites for hydroxylation is 1. The second-order valence-electron chi connectivity index (χ2n) is 3.75. The zero-order valence-corrected chi connectivity index (χ0v) is 10.3. The first kappa shape index (κ1) is 11.8. The van der Waals surface area contributed by atoms with Crippen LogP contribution in [0.25, 0.3) is 0 Å². The quantitative estimate of drug-likeness (QED) is 0.797. The van der Waals surface area contributed by atoms with Gasteiger partial charge in [0.2, 0.25) is 0 Å². The Morgan fingerprint density at radius 3 is 2.88 bits per heavy atom. The highest BCUT2D eigenvalue weighted by Crippen LogP contribution is 2.03. The Hall–Kier alpha value is -1.69. The molecule has 2 rings (SSSR count). The molecule has 6 heteroatoms. The van der Waals surface area contributed by atoms with E-state index in [4.69, 9.17) is 0 Å². The topological polar surface area (TPSA) is 60.6 Å². The minimum atomic E-state index is 0.668. The van der Waals surface area contributed by atoms with Gasteiger partial charge < -0.3 is 5.32 Å². The number of rotatable bonds is 6. The molecule has 6 nitrogen and oxygen atoms in total. The van der Waals surface area contributed by atoms with Crippen molar-refractivity contribution in [2.75, 3.05) is 6.54 Å². The van der Waals surface area contributed by atoms with Crippen LogP contribution in [0.15, 0.2) is 18.6 Å². The number of hydrogen-bond donors (Lipinski definition) is 1. The highest BCUT2D eigenvalue weighted by Gasteiger charge is 2.07. The lowest BCUT2D eigenvalue weighted by Crippen LogP contribution is -2.18. The van der Waals surface area contributed by atoms with Gasteiger partial charge in [0.15, 0.2) is 0 Å². The molecule has 0 aliphatic heterocycles. The molecule has 17 heavy (non-hydrogen) atoms. The summed E-state index contributed by atoms with van der Waals surface area (Å²) in [6, 6.07) is 2.02. The lowest BCUT2D eigenvalue weighted by Gasteiger charge is -2.08. The molecule has 2 aromatic rings. The normalized spacial score (nSPS) is 10.9. The minimum Gasteiger partial charge on any atom is -0.311 e. The van der Waals surface area contributed by atoms with Crippen molar-refractivity contribution in [2.45, 2.75) is 33.5 Å². The van der Waals surface area contributed by atoms with Gasteiger partial charge in [-0.15, -0.1) is 0 Å². The molecule has 2 aromatic heterocycles. The summed E-state index contributed by atoms with van der Waals surface area (Å²) in [5, 5.41) is 11.8. The summed E-state index contributed by atoms with van der Waals surface area (Å²) in [6.45, 7) is 7.43. The maximum absolute atomic E-state index is 4.31. The third-order valence-corrected chi connectivity index (χ3v) is 2.65. The number of nitrogens with zero attached hydrogens (tertiary/aromatic N) is 5. The van der Waals surface area contributed by atoms with Gasteiger partial charge in [0, 0.05) is 19.3 Å². The second-order valence-corrected chi connectivity index (χ2v) is 3.75. The Kier molecular flexibility index (Phi) is 3.87. The standard InChI is InChI=1S/C11H18N6/c1-3-12-7-10-5-6-14-17(10)8-11-13-9-15-16(11)4-2/h5-6,9,12H,3-4,7-8H2,1-2H3. The fraction of sp³-hybridized carbons (Fsp3) is 0.545. The maximum Gasteiger partial charge on any atom is 0.148 e. The Bertz CT molecular complexity index is 458. The van der Waals surface area contributed by atoms with Gasteiger partial charge in [-0.1, -0.05) is 6.92 Å². The van der Waals surface area contributed by atoms with Crippen LogP contribution >= 0.6 is 0 Å². The van der Waals surface area contributed by atoms with Gasteiger partial charge in [-0.25, -0.2) is 9.67 Å². The Labute approximate surface area is 101 Å². The molecule has 1 N–H and O–H groups in total. The number of hydrogen-bond acceptors (Lipinski definition) is 4. The highest BCUT2D eigenvalue weighted by molar-refractivity contribution is 5.02. The van der Waals surface area contributed by atoms with E-state index in [2.05, 4.69) is 34.3 Å². The molecule has 0 fully saturated rings. The smallest absolute Gasteiger partial charge is 0.148 e. The minimum absolute atomic E-state index is 0.668. The zero-order chi connectivity index (χ0) is 12.1. The largest absolute Gasteiger partial charge is 0.311 e. The summed E-state index contributed by atoms with van der Waals surface area (Å²) in [7, 11) is 0. The van der Waals surface area contributed by atoms with Crippen LogP contribution in [0, 0.1) is 0 Å². The molecule has 0 bridgehead atoms. The van der Waals surface area contributed by atoms with Gasteiger partial charge in [0.25, 0.3) is 0 Å². The van der Waals surface area contributed by atoms with Gasteiger partial charge in [-0.05, 0) is 19.5 Å². The van der Waals surface area contributed by atoms with Crippen LogP contribution < -0.4 is 5.32 Å². The van der Waals surface area contributed by atoms with E-state index < -0.39 is 0 Å². The molecule has 0 saturated carbocycles. The van der Waals surface area contributed by atoms with Crippen molar-refractivity contribution in [1.82, 2.24) is 29.9 Å². The first-order valence-corrected chi connectivity index (χ1v) is 5.93. The van der Waals surface area contributed by atoms with Gasteiger partial charge in [-0.2, -0.15) is 10.2 Å². The molecule has 0 saturated heterocycles. The summed E-state index contributed by atoms with van der Waals surface area (Å²) in [5.41, 5.74) is 1.16. The average molecular weight is 234 g/mol. The van der Waals surface area contributed by atoms with Crippen LogP contribution in [0.1, 0.15) is 25.4 Å². The molecule has 0 aliphatic carbocycles. The third kappa shape index (κ3) is 2.71. The summed E-state index contributed by atoms with van der Waals surface area (Å²) >= 11 is 0. The molecule has 0 spiro atoms. The zero-order valence-electron chi connectivity index (χ0n) is 10.3. The van der Waals surface area contributed by atoms with Crippen LogP contribution in [0.5, 0.6) is 0 Å². The molecule has 0 radical (unpaired) electrons. The van der Waals surface area contributed by atoms with E-state index in [0.717, 1.165) is 31.2 Å². The van der Waals surface area contributed by atoms with Gasteiger partial charge >= 0.3 is 0 Å². The van der Waals surface area contributed by atoms with Crippen LogP contribution in [0.4, 0.5) is 0 Å². The summed E-state index contributed by atoms with van der Waals surface area (Å²) in [4.78, 5) is 4.25. The van der Waals surface area contributed by atoms with Crippen LogP contribution in [-0.2, 0) is 19.6 Å². The molecular weight excluding hydrogens is 216 g/mol. The van der Waals surface area contributed by atoms with Crippen LogP contribution in [-0.4, -0.2) is 31.1 Å². The lowest BCUT2D eigenvalue weighted by molar-refractivity contribution is 0.544. The van der Waals surface area contributed by atoms with E-state index in [1.807, 2.05) is 21.6 Å². The van der Waals surface area contributed by atoms with E-state index in [1.54, 1.807) is 6.33 Å². The van der Waals surface area contributed by atoms with Crippen molar-refractivity contribution in [3.05, 3.63) is 30.1 Å². The summed E-state index contributed by atoms with van der Waals surface area (Å²) in [6.07, 6.45) is 3.41. The number of nitrogens with one attached hydrogen (secondary N) is 1. The van der Waals surface area contributed by atoms with E-state index >= 15 is 0 Å². The van der Waals surface area contributed by atoms with Crippen molar-refractivity contribution in [3.8, 4) is 0 Å². The first-order valence-electron chi connectivity index (χ1n) is 5.93. The molecule has 0 aromatic carbocycles. The fourth-order valence-electron chi connectivity index (χ4n) is 1.71. The maximum atomic E-state index is 4.31. The molecule has 2 heterocycles. The van der Waals surface area contributed by atoms with Crippen molar-refractivity contribution in [1.29, 1.82) is 0 Å². The second kappa shape index (κ2) is 5.58. The van der Waals surface area contributed by atoms with Gasteiger partial charge in [0.05, 0.1) is 5.69 Å². The average Bonchev–Trinajstić information content (AvgIpc) is 2.96. The summed E-state index contributed by atoms with van der Waals surface area (Å²) in [5.74, 6) is 0.939. The molecule has 0 aliphatic rings. The number of aromatic nitrogens is 5. The lowest BCUT2D eigenvalue weighted by atomic mass is 10.4. The van der Waals surface area contributed by atoms with E-state index in [-0.39, 0.29) is 0 Å². The van der Waals surface area contributed by atoms with Gasteiger partial charge in [-0.3, -0.25) is 4.68 Å². The van der Waals surface area contributed by atoms with Crippen molar-refractivity contribution in [3.63, 3.8) is 0 Å². The Morgan fingerprint density at radius 1 is 1.24 bits per heavy atom. The van der Waals surface area contributed by atoms with Gasteiger partial charge in [0.1, 0.15) is 18.7 Å². The SMILES string of the molecule is CCNCc1ccnn1Cc1ncnn1CC. The van der Waals surface area contributed by atoms with E-state index in [0.29, 0.717) is 6.54 Å². The monoisotopic (exact) mass is 234 g/mol. The first-order chi connectivity index (χ1) is 8.35. The van der Waals surface area contributed by atoms with E-state index in [1.165, 1.54) is 0 Å². The highest BCUT2D eigenvalue weighted by atomic mass is 15.4. The molecule has 0 atom stereocenters. The van der Waals surface area contributed by atoms with Crippen molar-refractivity contribution < 1.29 is 0 Å². The summed E-state index contributed by atoms with van der Waals surface area (Å²) < 4.78 is 3.84. The third-order valence-electron chi connectivity index (χ3n) is 2.65. The predicted octanol–water partition coefficient (Wildman–Crippen LogP) is 0.652. The van der Waals surface area contributed by atoms with Crippen molar-refractivity contribution in [2.24, 2.45) is 0 Å². The van der Waals surface area contributed by atoms with Crippen molar-refractivity contribution >= 4 is 0 Å². The molecular formula is C11H18N6. The van der Waals surface area contributed by atoms with E-state index in [9.17, 15) is 0 Å². The van der Waals surface area contributed by atoms with Crippen LogP contribution in [0.2, 0.25) is 0 Å².